The van der Waals surface area contributed by atoms with E-state index in [-0.39, 0.29) is 18.5 Å². The lowest BCUT2D eigenvalue weighted by molar-refractivity contribution is -0.134. The summed E-state index contributed by atoms with van der Waals surface area (Å²) in [5.41, 5.74) is 0.343. The molecule has 0 fully saturated rings. The van der Waals surface area contributed by atoms with Crippen LogP contribution in [0.15, 0.2) is 48.5 Å². The summed E-state index contributed by atoms with van der Waals surface area (Å²) in [6.45, 7) is 2.82. The molecule has 0 aromatic heterocycles. The molecule has 0 spiro atoms. The molecular formula is C18H18F2N2O2. The number of carbonyl (C=O) groups excluding carboxylic acids is 2. The fourth-order valence-electron chi connectivity index (χ4n) is 2.38. The van der Waals surface area contributed by atoms with Gasteiger partial charge in [0.1, 0.15) is 23.9 Å². The van der Waals surface area contributed by atoms with Gasteiger partial charge >= 0.3 is 0 Å². The van der Waals surface area contributed by atoms with Crippen LogP contribution in [-0.2, 0) is 9.59 Å². The van der Waals surface area contributed by atoms with Crippen LogP contribution in [0.1, 0.15) is 25.5 Å². The molecule has 0 aliphatic carbocycles. The smallest absolute Gasteiger partial charge is 0.244 e. The highest BCUT2D eigenvalue weighted by molar-refractivity contribution is 5.94. The number of amides is 2. The Morgan fingerprint density at radius 3 is 2.17 bits per heavy atom. The van der Waals surface area contributed by atoms with Crippen LogP contribution >= 0.6 is 0 Å². The highest BCUT2D eigenvalue weighted by Crippen LogP contribution is 2.21. The zero-order valence-electron chi connectivity index (χ0n) is 13.4. The van der Waals surface area contributed by atoms with E-state index in [1.54, 1.807) is 6.92 Å². The molecule has 2 aromatic rings. The van der Waals surface area contributed by atoms with Gasteiger partial charge in [-0.2, -0.15) is 0 Å². The third-order valence-electron chi connectivity index (χ3n) is 3.70. The van der Waals surface area contributed by atoms with E-state index in [0.717, 1.165) is 17.7 Å². The van der Waals surface area contributed by atoms with Gasteiger partial charge in [-0.1, -0.05) is 36.4 Å². The Balaban J connectivity index is 2.13. The highest BCUT2D eigenvalue weighted by atomic mass is 19.1. The summed E-state index contributed by atoms with van der Waals surface area (Å²) in [5, 5.41) is 2.19. The minimum absolute atomic E-state index is 0.306. The standard InChI is InChI=1S/C18H18F2N2O2/c1-12(14-7-4-3-5-8-14)22(13(2)23)11-17(24)21-18-15(19)9-6-10-16(18)20/h3-10,12H,11H2,1-2H3,(H,21,24). The van der Waals surface area contributed by atoms with Crippen LogP contribution in [0.3, 0.4) is 0 Å². The van der Waals surface area contributed by atoms with Crippen LogP contribution < -0.4 is 5.32 Å². The van der Waals surface area contributed by atoms with E-state index in [9.17, 15) is 18.4 Å². The molecule has 1 N–H and O–H groups in total. The first-order chi connectivity index (χ1) is 11.4. The first-order valence-electron chi connectivity index (χ1n) is 7.46. The predicted molar refractivity (Wildman–Crippen MR) is 87.2 cm³/mol. The van der Waals surface area contributed by atoms with E-state index in [1.165, 1.54) is 17.9 Å². The summed E-state index contributed by atoms with van der Waals surface area (Å²) < 4.78 is 27.2. The summed E-state index contributed by atoms with van der Waals surface area (Å²) in [6.07, 6.45) is 0. The first kappa shape index (κ1) is 17.6. The molecule has 4 nitrogen and oxygen atoms in total. The summed E-state index contributed by atoms with van der Waals surface area (Å²) >= 11 is 0. The van der Waals surface area contributed by atoms with E-state index in [4.69, 9.17) is 0 Å². The van der Waals surface area contributed by atoms with Crippen molar-refractivity contribution in [1.29, 1.82) is 0 Å². The Hall–Kier alpha value is -2.76. The molecule has 2 amide bonds. The van der Waals surface area contributed by atoms with Gasteiger partial charge in [-0.3, -0.25) is 9.59 Å². The minimum atomic E-state index is -0.867. The van der Waals surface area contributed by atoms with Crippen molar-refractivity contribution in [2.75, 3.05) is 11.9 Å². The van der Waals surface area contributed by atoms with Crippen molar-refractivity contribution in [3.8, 4) is 0 Å². The van der Waals surface area contributed by atoms with E-state index >= 15 is 0 Å². The maximum atomic E-state index is 13.6. The lowest BCUT2D eigenvalue weighted by Crippen LogP contribution is -2.38. The van der Waals surface area contributed by atoms with Crippen molar-refractivity contribution in [1.82, 2.24) is 4.90 Å². The highest BCUT2D eigenvalue weighted by Gasteiger charge is 2.22. The summed E-state index contributed by atoms with van der Waals surface area (Å²) in [4.78, 5) is 25.3. The number of carbonyl (C=O) groups is 2. The van der Waals surface area contributed by atoms with E-state index in [1.807, 2.05) is 30.3 Å². The van der Waals surface area contributed by atoms with Gasteiger partial charge < -0.3 is 10.2 Å². The molecular weight excluding hydrogens is 314 g/mol. The molecule has 126 valence electrons. The van der Waals surface area contributed by atoms with Crippen LogP contribution in [-0.4, -0.2) is 23.3 Å². The zero-order valence-corrected chi connectivity index (χ0v) is 13.4. The maximum Gasteiger partial charge on any atom is 0.244 e. The maximum absolute atomic E-state index is 13.6. The Morgan fingerprint density at radius 1 is 1.04 bits per heavy atom. The van der Waals surface area contributed by atoms with Gasteiger partial charge in [-0.25, -0.2) is 8.78 Å². The topological polar surface area (TPSA) is 49.4 Å². The van der Waals surface area contributed by atoms with Crippen molar-refractivity contribution >= 4 is 17.5 Å². The number of hydrogen-bond donors (Lipinski definition) is 1. The quantitative estimate of drug-likeness (QED) is 0.911. The van der Waals surface area contributed by atoms with Crippen LogP contribution in [0, 0.1) is 11.6 Å². The number of nitrogens with one attached hydrogen (secondary N) is 1. The Morgan fingerprint density at radius 2 is 1.62 bits per heavy atom. The second-order valence-corrected chi connectivity index (χ2v) is 5.38. The largest absolute Gasteiger partial charge is 0.327 e. The molecule has 0 heterocycles. The van der Waals surface area contributed by atoms with Gasteiger partial charge in [-0.15, -0.1) is 0 Å². The van der Waals surface area contributed by atoms with Gasteiger partial charge in [0.05, 0.1) is 6.04 Å². The van der Waals surface area contributed by atoms with E-state index < -0.39 is 23.2 Å². The number of rotatable bonds is 5. The number of benzene rings is 2. The summed E-state index contributed by atoms with van der Waals surface area (Å²) in [6, 6.07) is 12.2. The Kier molecular flexibility index (Phi) is 5.63. The van der Waals surface area contributed by atoms with Gasteiger partial charge in [0.15, 0.2) is 0 Å². The summed E-state index contributed by atoms with van der Waals surface area (Å²) in [5.74, 6) is -2.71. The third-order valence-corrected chi connectivity index (χ3v) is 3.70. The number of anilines is 1. The fourth-order valence-corrected chi connectivity index (χ4v) is 2.38. The van der Waals surface area contributed by atoms with Crippen LogP contribution in [0.5, 0.6) is 0 Å². The van der Waals surface area contributed by atoms with E-state index in [0.29, 0.717) is 0 Å². The zero-order chi connectivity index (χ0) is 17.7. The SMILES string of the molecule is CC(=O)N(CC(=O)Nc1c(F)cccc1F)C(C)c1ccccc1. The average molecular weight is 332 g/mol. The summed E-state index contributed by atoms with van der Waals surface area (Å²) in [7, 11) is 0. The number of nitrogens with zero attached hydrogens (tertiary/aromatic N) is 1. The third kappa shape index (κ3) is 4.16. The van der Waals surface area contributed by atoms with Crippen molar-refractivity contribution in [2.45, 2.75) is 19.9 Å². The van der Waals surface area contributed by atoms with Crippen molar-refractivity contribution in [3.63, 3.8) is 0 Å². The molecule has 2 rings (SSSR count). The number of para-hydroxylation sites is 1. The Bertz CT molecular complexity index is 715. The number of hydrogen-bond acceptors (Lipinski definition) is 2. The first-order valence-corrected chi connectivity index (χ1v) is 7.46. The van der Waals surface area contributed by atoms with Gasteiger partial charge in [0.25, 0.3) is 0 Å². The lowest BCUT2D eigenvalue weighted by atomic mass is 10.1. The second kappa shape index (κ2) is 7.68. The van der Waals surface area contributed by atoms with Crippen LogP contribution in [0.4, 0.5) is 14.5 Å². The molecule has 24 heavy (non-hydrogen) atoms. The van der Waals surface area contributed by atoms with Gasteiger partial charge in [0, 0.05) is 6.92 Å². The van der Waals surface area contributed by atoms with Crippen LogP contribution in [0.2, 0.25) is 0 Å². The normalized spacial score (nSPS) is 11.7. The van der Waals surface area contributed by atoms with Gasteiger partial charge in [-0.05, 0) is 24.6 Å². The average Bonchev–Trinajstić information content (AvgIpc) is 2.56. The molecule has 0 radical (unpaired) electrons. The predicted octanol–water partition coefficient (Wildman–Crippen LogP) is 3.51. The fraction of sp³-hybridized carbons (Fsp3) is 0.222. The number of halogens is 2. The minimum Gasteiger partial charge on any atom is -0.327 e. The molecule has 0 aliphatic heterocycles. The molecule has 0 saturated heterocycles. The lowest BCUT2D eigenvalue weighted by Gasteiger charge is -2.28. The van der Waals surface area contributed by atoms with Crippen molar-refractivity contribution in [3.05, 3.63) is 65.7 Å². The van der Waals surface area contributed by atoms with Crippen LogP contribution in [0.25, 0.3) is 0 Å². The Labute approximate surface area is 139 Å². The second-order valence-electron chi connectivity index (χ2n) is 5.38. The molecule has 0 aliphatic rings. The van der Waals surface area contributed by atoms with Gasteiger partial charge in [0.2, 0.25) is 11.8 Å². The molecule has 6 heteroatoms. The van der Waals surface area contributed by atoms with E-state index in [2.05, 4.69) is 5.32 Å². The van der Waals surface area contributed by atoms with Crippen molar-refractivity contribution in [2.24, 2.45) is 0 Å². The molecule has 0 saturated carbocycles. The molecule has 1 atom stereocenters. The molecule has 2 aromatic carbocycles. The molecule has 1 unspecified atom stereocenters. The van der Waals surface area contributed by atoms with Crippen molar-refractivity contribution < 1.29 is 18.4 Å². The molecule has 0 bridgehead atoms. The monoisotopic (exact) mass is 332 g/mol.